The fourth-order valence-corrected chi connectivity index (χ4v) is 1.63. The Labute approximate surface area is 93.9 Å². The molecule has 82 valence electrons. The molecule has 0 aliphatic rings. The van der Waals surface area contributed by atoms with Crippen molar-refractivity contribution in [1.29, 1.82) is 0 Å². The molecule has 4 nitrogen and oxygen atoms in total. The van der Waals surface area contributed by atoms with Crippen LogP contribution in [0.2, 0.25) is 0 Å². The lowest BCUT2D eigenvalue weighted by Crippen LogP contribution is -2.01. The number of para-hydroxylation sites is 1. The average Bonchev–Trinajstić information content (AvgIpc) is 2.77. The highest BCUT2D eigenvalue weighted by Crippen LogP contribution is 2.21. The molecule has 4 heteroatoms. The Hall–Kier alpha value is -1.97. The van der Waals surface area contributed by atoms with Crippen molar-refractivity contribution in [3.8, 4) is 5.69 Å². The monoisotopic (exact) mass is 215 g/mol. The van der Waals surface area contributed by atoms with Crippen LogP contribution >= 0.6 is 0 Å². The first kappa shape index (κ1) is 10.5. The second-order valence-corrected chi connectivity index (χ2v) is 3.92. The smallest absolute Gasteiger partial charge is 0.171 e. The summed E-state index contributed by atoms with van der Waals surface area (Å²) in [5, 5.41) is 7.69. The molecule has 0 amide bonds. The molecule has 0 saturated carbocycles. The van der Waals surface area contributed by atoms with Crippen LogP contribution < -0.4 is 0 Å². The molecule has 1 aromatic carbocycles. The summed E-state index contributed by atoms with van der Waals surface area (Å²) < 4.78 is 1.64. The van der Waals surface area contributed by atoms with E-state index >= 15 is 0 Å². The lowest BCUT2D eigenvalue weighted by Gasteiger charge is -2.11. The standard InChI is InChI=1S/C12H13N3O/c1-9(2)11-5-3-4-6-12(11)15-7-10(8-16)13-14-15/h3-9H,1-2H3. The largest absolute Gasteiger partial charge is 0.296 e. The van der Waals surface area contributed by atoms with Crippen LogP contribution in [0.15, 0.2) is 30.5 Å². The predicted octanol–water partition coefficient (Wildman–Crippen LogP) is 2.20. The van der Waals surface area contributed by atoms with Crippen molar-refractivity contribution >= 4 is 6.29 Å². The normalized spacial score (nSPS) is 10.7. The van der Waals surface area contributed by atoms with Crippen LogP contribution in [0.4, 0.5) is 0 Å². The topological polar surface area (TPSA) is 47.8 Å². The number of aromatic nitrogens is 3. The van der Waals surface area contributed by atoms with Crippen molar-refractivity contribution < 1.29 is 4.79 Å². The van der Waals surface area contributed by atoms with Gasteiger partial charge in [0.1, 0.15) is 5.69 Å². The van der Waals surface area contributed by atoms with Gasteiger partial charge < -0.3 is 0 Å². The van der Waals surface area contributed by atoms with E-state index < -0.39 is 0 Å². The third-order valence-electron chi connectivity index (χ3n) is 2.44. The summed E-state index contributed by atoms with van der Waals surface area (Å²) in [4.78, 5) is 10.6. The summed E-state index contributed by atoms with van der Waals surface area (Å²) in [5.74, 6) is 0.403. The molecule has 0 fully saturated rings. The molecule has 2 rings (SSSR count). The average molecular weight is 215 g/mol. The Morgan fingerprint density at radius 3 is 2.69 bits per heavy atom. The molecule has 0 aliphatic carbocycles. The van der Waals surface area contributed by atoms with E-state index in [0.29, 0.717) is 17.9 Å². The zero-order valence-corrected chi connectivity index (χ0v) is 9.29. The van der Waals surface area contributed by atoms with E-state index in [1.165, 1.54) is 5.56 Å². The quantitative estimate of drug-likeness (QED) is 0.737. The molecule has 0 aliphatic heterocycles. The molecular weight excluding hydrogens is 202 g/mol. The van der Waals surface area contributed by atoms with Gasteiger partial charge in [-0.1, -0.05) is 37.3 Å². The third-order valence-corrected chi connectivity index (χ3v) is 2.44. The first-order chi connectivity index (χ1) is 7.72. The van der Waals surface area contributed by atoms with Gasteiger partial charge in [0.2, 0.25) is 0 Å². The minimum Gasteiger partial charge on any atom is -0.296 e. The number of hydrogen-bond acceptors (Lipinski definition) is 3. The van der Waals surface area contributed by atoms with E-state index in [9.17, 15) is 4.79 Å². The molecule has 2 aromatic rings. The molecule has 0 N–H and O–H groups in total. The Balaban J connectivity index is 2.50. The minimum atomic E-state index is 0.346. The highest BCUT2D eigenvalue weighted by Gasteiger charge is 2.09. The van der Waals surface area contributed by atoms with Crippen molar-refractivity contribution in [2.75, 3.05) is 0 Å². The Kier molecular flexibility index (Phi) is 2.81. The van der Waals surface area contributed by atoms with Crippen molar-refractivity contribution in [1.82, 2.24) is 15.0 Å². The second kappa shape index (κ2) is 4.26. The first-order valence-corrected chi connectivity index (χ1v) is 5.19. The summed E-state index contributed by atoms with van der Waals surface area (Å²) in [6.45, 7) is 4.24. The summed E-state index contributed by atoms with van der Waals surface area (Å²) in [6.07, 6.45) is 2.33. The van der Waals surface area contributed by atoms with E-state index in [1.54, 1.807) is 10.9 Å². The molecule has 1 aromatic heterocycles. The van der Waals surface area contributed by atoms with Crippen molar-refractivity contribution in [2.45, 2.75) is 19.8 Å². The highest BCUT2D eigenvalue weighted by atomic mass is 16.1. The highest BCUT2D eigenvalue weighted by molar-refractivity contribution is 5.70. The Morgan fingerprint density at radius 2 is 2.06 bits per heavy atom. The maximum atomic E-state index is 10.6. The number of benzene rings is 1. The van der Waals surface area contributed by atoms with Gasteiger partial charge in [0.15, 0.2) is 6.29 Å². The lowest BCUT2D eigenvalue weighted by atomic mass is 10.0. The summed E-state index contributed by atoms with van der Waals surface area (Å²) in [7, 11) is 0. The zero-order valence-electron chi connectivity index (χ0n) is 9.29. The molecule has 0 spiro atoms. The SMILES string of the molecule is CC(C)c1ccccc1-n1cc(C=O)nn1. The van der Waals surface area contributed by atoms with Crippen LogP contribution in [0.1, 0.15) is 35.8 Å². The maximum absolute atomic E-state index is 10.6. The van der Waals surface area contributed by atoms with Crippen LogP contribution in [0, 0.1) is 0 Å². The van der Waals surface area contributed by atoms with E-state index in [4.69, 9.17) is 0 Å². The maximum Gasteiger partial charge on any atom is 0.171 e. The van der Waals surface area contributed by atoms with Crippen molar-refractivity contribution in [2.24, 2.45) is 0 Å². The van der Waals surface area contributed by atoms with Crippen molar-refractivity contribution in [3.63, 3.8) is 0 Å². The van der Waals surface area contributed by atoms with Crippen LogP contribution in [0.3, 0.4) is 0 Å². The zero-order chi connectivity index (χ0) is 11.5. The number of hydrogen-bond donors (Lipinski definition) is 0. The predicted molar refractivity (Wildman–Crippen MR) is 60.8 cm³/mol. The molecule has 0 saturated heterocycles. The number of carbonyl (C=O) groups excluding carboxylic acids is 1. The van der Waals surface area contributed by atoms with Gasteiger partial charge in [0.05, 0.1) is 11.9 Å². The van der Waals surface area contributed by atoms with Crippen LogP contribution in [-0.4, -0.2) is 21.3 Å². The summed E-state index contributed by atoms with van der Waals surface area (Å²) in [5.41, 5.74) is 2.50. The van der Waals surface area contributed by atoms with Gasteiger partial charge >= 0.3 is 0 Å². The number of rotatable bonds is 3. The van der Waals surface area contributed by atoms with Crippen LogP contribution in [0.5, 0.6) is 0 Å². The number of nitrogens with zero attached hydrogens (tertiary/aromatic N) is 3. The molecule has 1 heterocycles. The first-order valence-electron chi connectivity index (χ1n) is 5.19. The van der Waals surface area contributed by atoms with E-state index in [1.807, 2.05) is 18.2 Å². The van der Waals surface area contributed by atoms with Gasteiger partial charge in [0, 0.05) is 0 Å². The minimum absolute atomic E-state index is 0.346. The van der Waals surface area contributed by atoms with Gasteiger partial charge in [0.25, 0.3) is 0 Å². The van der Waals surface area contributed by atoms with Crippen molar-refractivity contribution in [3.05, 3.63) is 41.7 Å². The fraction of sp³-hybridized carbons (Fsp3) is 0.250. The summed E-state index contributed by atoms with van der Waals surface area (Å²) >= 11 is 0. The molecule has 0 radical (unpaired) electrons. The molecule has 0 bridgehead atoms. The van der Waals surface area contributed by atoms with E-state index in [0.717, 1.165) is 5.69 Å². The van der Waals surface area contributed by atoms with E-state index in [-0.39, 0.29) is 0 Å². The lowest BCUT2D eigenvalue weighted by molar-refractivity contribution is 0.111. The second-order valence-electron chi connectivity index (χ2n) is 3.92. The van der Waals surface area contributed by atoms with E-state index in [2.05, 4.69) is 30.2 Å². The van der Waals surface area contributed by atoms with Crippen LogP contribution in [0.25, 0.3) is 5.69 Å². The van der Waals surface area contributed by atoms with Gasteiger partial charge in [-0.25, -0.2) is 4.68 Å². The van der Waals surface area contributed by atoms with Crippen LogP contribution in [-0.2, 0) is 0 Å². The van der Waals surface area contributed by atoms with Gasteiger partial charge in [-0.05, 0) is 17.5 Å². The molecule has 0 atom stereocenters. The van der Waals surface area contributed by atoms with Gasteiger partial charge in [-0.15, -0.1) is 5.10 Å². The molecular formula is C12H13N3O. The fourth-order valence-electron chi connectivity index (χ4n) is 1.63. The molecule has 0 unspecified atom stereocenters. The number of carbonyl (C=O) groups is 1. The van der Waals surface area contributed by atoms with Gasteiger partial charge in [-0.2, -0.15) is 0 Å². The molecule has 16 heavy (non-hydrogen) atoms. The Bertz CT molecular complexity index is 502. The Morgan fingerprint density at radius 1 is 1.31 bits per heavy atom. The number of aldehydes is 1. The summed E-state index contributed by atoms with van der Waals surface area (Å²) in [6, 6.07) is 7.97. The van der Waals surface area contributed by atoms with Gasteiger partial charge in [-0.3, -0.25) is 4.79 Å². The third kappa shape index (κ3) is 1.86.